The number of rotatable bonds is 17. The molecule has 0 aliphatic carbocycles. The van der Waals surface area contributed by atoms with Gasteiger partial charge in [-0.3, -0.25) is 48.5 Å². The molecule has 9 saturated heterocycles. The van der Waals surface area contributed by atoms with Crippen LogP contribution in [0.4, 0.5) is 0 Å². The zero-order chi connectivity index (χ0) is 74.8. The van der Waals surface area contributed by atoms with Crippen molar-refractivity contribution in [1.29, 1.82) is 0 Å². The second-order valence-electron chi connectivity index (χ2n) is 27.7. The number of alkyl halides is 1. The number of likely N-dealkylation sites (tertiary alicyclic amines) is 3. The predicted octanol–water partition coefficient (Wildman–Crippen LogP) is 6.48. The van der Waals surface area contributed by atoms with Crippen molar-refractivity contribution in [2.75, 3.05) is 143 Å². The quantitative estimate of drug-likeness (QED) is 0.0500. The second-order valence-corrected chi connectivity index (χ2v) is 30.7. The number of fused-ring (bicyclic) bond motifs is 3. The number of carbonyl (C=O) groups is 5. The molecule has 0 bridgehead atoms. The van der Waals surface area contributed by atoms with Crippen molar-refractivity contribution >= 4 is 123 Å². The number of piperazine rings is 3. The third-order valence-electron chi connectivity index (χ3n) is 21.1. The number of ether oxygens (including phenoxy) is 3. The number of nitrogens with one attached hydrogen (secondary N) is 1. The van der Waals surface area contributed by atoms with E-state index >= 15 is 0 Å². The zero-order valence-corrected chi connectivity index (χ0v) is 69.0. The summed E-state index contributed by atoms with van der Waals surface area (Å²) in [6.45, 7) is 16.3. The molecular formula is C75H100BBrCl6N12NaO13. The molecule has 34 heteroatoms. The Morgan fingerprint density at radius 2 is 0.890 bits per heavy atom. The number of aliphatic hydroxyl groups excluding tert-OH is 2. The predicted molar refractivity (Wildman–Crippen MR) is 421 cm³/mol. The molecule has 6 aromatic rings. The van der Waals surface area contributed by atoms with E-state index in [9.17, 15) is 29.1 Å². The van der Waals surface area contributed by atoms with Crippen molar-refractivity contribution in [2.24, 2.45) is 0 Å². The maximum atomic E-state index is 13.6. The summed E-state index contributed by atoms with van der Waals surface area (Å²) in [5.74, 6) is 0.138. The van der Waals surface area contributed by atoms with E-state index in [0.29, 0.717) is 131 Å². The van der Waals surface area contributed by atoms with Gasteiger partial charge in [0.1, 0.15) is 36.3 Å². The number of hydrogen-bond acceptors (Lipinski definition) is 22. The molecule has 10 atom stereocenters. The number of nitrogens with zero attached hydrogens (tertiary/aromatic N) is 11. The summed E-state index contributed by atoms with van der Waals surface area (Å²) in [6.07, 6.45) is 11.5. The fourth-order valence-electron chi connectivity index (χ4n) is 16.0. The van der Waals surface area contributed by atoms with Gasteiger partial charge in [-0.05, 0) is 138 Å². The van der Waals surface area contributed by atoms with E-state index < -0.39 is 6.10 Å². The van der Waals surface area contributed by atoms with Crippen molar-refractivity contribution in [3.05, 3.63) is 155 Å². The summed E-state index contributed by atoms with van der Waals surface area (Å²) in [7, 11) is 0. The number of halogens is 7. The van der Waals surface area contributed by atoms with Crippen molar-refractivity contribution in [2.45, 2.75) is 133 Å². The Balaban J connectivity index is 0.000000238. The van der Waals surface area contributed by atoms with E-state index in [1.807, 2.05) is 28.0 Å². The molecule has 3 N–H and O–H groups in total. The van der Waals surface area contributed by atoms with Gasteiger partial charge in [0.25, 0.3) is 0 Å². The number of benzene rings is 3. The fraction of sp³-hybridized carbons (Fsp3) is 0.573. The van der Waals surface area contributed by atoms with Crippen LogP contribution < -0.4 is 34.9 Å². The molecule has 3 radical (unpaired) electrons. The maximum Gasteiger partial charge on any atom is 1.00 e. The molecule has 3 aromatic carbocycles. The van der Waals surface area contributed by atoms with Crippen LogP contribution in [0.5, 0.6) is 0 Å². The summed E-state index contributed by atoms with van der Waals surface area (Å²) in [5.41, 5.74) is 3.80. The third kappa shape index (κ3) is 23.8. The topological polar surface area (TPSA) is 270 Å². The molecule has 9 fully saturated rings. The molecule has 0 saturated carbocycles. The van der Waals surface area contributed by atoms with Crippen molar-refractivity contribution < 1.29 is 94.4 Å². The summed E-state index contributed by atoms with van der Waals surface area (Å²) in [4.78, 5) is 81.7. The molecule has 591 valence electrons. The molecule has 1 unspecified atom stereocenters. The van der Waals surface area contributed by atoms with E-state index in [1.165, 1.54) is 50.5 Å². The number of carbonyl (C=O) groups excluding carboxylic acids is 5. The van der Waals surface area contributed by atoms with E-state index in [4.69, 9.17) is 98.0 Å². The Morgan fingerprint density at radius 1 is 0.514 bits per heavy atom. The smallest absolute Gasteiger partial charge is 1.00 e. The van der Waals surface area contributed by atoms with Gasteiger partial charge < -0.3 is 59.4 Å². The normalized spacial score (nSPS) is 24.5. The molecule has 25 nitrogen and oxygen atoms in total. The Bertz CT molecular complexity index is 3830. The number of ketones is 2. The first-order chi connectivity index (χ1) is 51.4. The van der Waals surface area contributed by atoms with Crippen LogP contribution in [0.25, 0.3) is 0 Å². The van der Waals surface area contributed by atoms with Crippen molar-refractivity contribution in [1.82, 2.24) is 60.0 Å². The van der Waals surface area contributed by atoms with Gasteiger partial charge in [-0.15, -0.1) is 0 Å². The summed E-state index contributed by atoms with van der Waals surface area (Å²) >= 11 is 39.6. The molecule has 3 amide bonds. The average Bonchev–Trinajstić information content (AvgIpc) is 1.16. The van der Waals surface area contributed by atoms with Crippen LogP contribution in [0.15, 0.2) is 105 Å². The van der Waals surface area contributed by atoms with Gasteiger partial charge in [-0.25, -0.2) is 0 Å². The number of amides is 3. The molecule has 3 aromatic heterocycles. The van der Waals surface area contributed by atoms with Gasteiger partial charge in [0, 0.05) is 80.5 Å². The van der Waals surface area contributed by atoms with Crippen molar-refractivity contribution in [3.8, 4) is 0 Å². The first kappa shape index (κ1) is 90.4. The Hall–Kier alpha value is -4.12. The van der Waals surface area contributed by atoms with E-state index in [-0.39, 0.29) is 158 Å². The van der Waals surface area contributed by atoms with Gasteiger partial charge in [-0.2, -0.15) is 0 Å². The van der Waals surface area contributed by atoms with Gasteiger partial charge in [-0.1, -0.05) is 127 Å². The zero-order valence-electron chi connectivity index (χ0n) is 61.9. The molecule has 0 spiro atoms. The fourth-order valence-corrected chi connectivity index (χ4v) is 17.3. The number of aromatic nitrogens is 3. The standard InChI is InChI=1S/C24H30Cl2N4O4.C24H28Cl2N4O4.C19H25Cl2N3O2.C5H4BrNO2.C2H6O.CH4.B.Na.H2.H/c2*25-17-4-3-16(11-18(17)26)12-23(32)30-9-8-29(13-22(31)19-5-10-34-27-19)21-15-33-14-20(24(21)30)28-6-1-2-7-28;20-14-4-3-13(9-15(14)21)10-18(25)24-8-5-22-16-11-26-12-17(19(16)24)23-6-1-2-7-23;6-3-5(8)4-1-2-9-7-4;1-2-3;;;;;/h3-5,10-11,20-22,24,31H,1-2,6-9,12-15H2;3-5,10-11,20-21,24H,1-2,6-9,12-15H2;3-4,9,16-17,19,22H,1-2,5-8,10-12H2;1-2H,3H2;3H,2H2,1H3;1H4;;;1H;/q;;;;;;;+1;;-1/t20-,21+,22?,24+;20-,21+,24+;16-,17+,19+;;;;;;;/m001......./s1/i;;;;;;;;1+1;. The Labute approximate surface area is 703 Å². The molecule has 109 heavy (non-hydrogen) atoms. The van der Waals surface area contributed by atoms with Crippen LogP contribution >= 0.6 is 85.5 Å². The van der Waals surface area contributed by atoms with Crippen LogP contribution in [-0.2, 0) is 47.9 Å². The van der Waals surface area contributed by atoms with Gasteiger partial charge >= 0.3 is 29.6 Å². The third-order valence-corrected chi connectivity index (χ3v) is 23.8. The second kappa shape index (κ2) is 44.7. The van der Waals surface area contributed by atoms with Crippen LogP contribution in [0.3, 0.4) is 0 Å². The van der Waals surface area contributed by atoms with Gasteiger partial charge in [0.05, 0.1) is 155 Å². The minimum atomic E-state index is -0.759. The monoisotopic (exact) mass is 1700 g/mol. The minimum absolute atomic E-state index is 0. The van der Waals surface area contributed by atoms with E-state index in [2.05, 4.69) is 70.6 Å². The molecule has 15 rings (SSSR count). The number of aliphatic hydroxyl groups is 2. The van der Waals surface area contributed by atoms with Crippen LogP contribution in [0.1, 0.15) is 105 Å². The number of β-amino-alcohol motifs (C(OH)–C–C–N with tert-alkyl or cyclic N) is 1. The first-order valence-corrected chi connectivity index (χ1v) is 39.8. The van der Waals surface area contributed by atoms with Gasteiger partial charge in [0.15, 0.2) is 17.3 Å². The van der Waals surface area contributed by atoms with E-state index in [1.54, 1.807) is 55.5 Å². The summed E-state index contributed by atoms with van der Waals surface area (Å²) in [6, 6.07) is 21.7. The van der Waals surface area contributed by atoms with E-state index in [0.717, 1.165) is 81.9 Å². The SMILES string of the molecule is C.CCO.O=C(CBr)c1ccon1.O=C(CN1CCN(C(=O)Cc2ccc(Cl)c(Cl)c2)[C@H]2[C@H]1COC[C@@H]2N1CCCC1)c1ccon1.O=C(Cc1ccc(Cl)c(Cl)c1)N1CCN(CC(O)c2ccon2)[C@@H]2COC[C@H](N3CCCC3)[C@H]21.O=C(Cc1ccc(Cl)c(Cl)c1)N1CCN[C@@H]2COC[C@H](N3CCCC3)[C@H]21.[2HH].[B].[H-].[Na+]. The Kier molecular flexibility index (Phi) is 37.1. The largest absolute Gasteiger partial charge is 1.00 e. The number of Topliss-reactive ketones (excluding diaryl/α,β-unsaturated/α-hetero) is 2. The Morgan fingerprint density at radius 3 is 1.29 bits per heavy atom. The summed E-state index contributed by atoms with van der Waals surface area (Å²) < 4.78 is 32.2. The molecule has 9 aliphatic heterocycles. The molecule has 9 aliphatic rings. The molecular weight excluding hydrogens is 1600 g/mol. The van der Waals surface area contributed by atoms with Crippen LogP contribution in [0, 0.1) is 0 Å². The van der Waals surface area contributed by atoms with Crippen LogP contribution in [0.2, 0.25) is 30.1 Å². The summed E-state index contributed by atoms with van der Waals surface area (Å²) in [5, 5.41) is 36.1. The van der Waals surface area contributed by atoms with Gasteiger partial charge in [0.2, 0.25) is 17.7 Å². The maximum absolute atomic E-state index is 13.6. The average molecular weight is 1710 g/mol. The minimum Gasteiger partial charge on any atom is -1.00 e. The van der Waals surface area contributed by atoms with Crippen LogP contribution in [-0.4, -0.2) is 300 Å². The molecule has 12 heterocycles. The number of hydrogen-bond donors (Lipinski definition) is 3. The first-order valence-electron chi connectivity index (χ1n) is 36.4. The van der Waals surface area contributed by atoms with Crippen molar-refractivity contribution in [3.63, 3.8) is 0 Å².